The molecule has 0 aliphatic carbocycles. The number of esters is 2. The molecule has 2 heterocycles. The van der Waals surface area contributed by atoms with E-state index in [4.69, 9.17) is 23.7 Å². The maximum absolute atomic E-state index is 13.1. The van der Waals surface area contributed by atoms with Crippen LogP contribution in [0, 0.1) is 0 Å². The first-order valence-corrected chi connectivity index (χ1v) is 15.2. The van der Waals surface area contributed by atoms with E-state index in [-0.39, 0.29) is 12.8 Å². The number of carbonyl (C=O) groups is 2. The number of rotatable bonds is 19. The maximum Gasteiger partial charge on any atom is 0.405 e. The first-order chi connectivity index (χ1) is 20.4. The van der Waals surface area contributed by atoms with Crippen LogP contribution < -0.4 is 0 Å². The Morgan fingerprint density at radius 1 is 0.674 bits per heavy atom. The second-order valence-corrected chi connectivity index (χ2v) is 11.1. The summed E-state index contributed by atoms with van der Waals surface area (Å²) < 4.78 is 27.2. The van der Waals surface area contributed by atoms with E-state index in [2.05, 4.69) is 0 Å². The summed E-state index contributed by atoms with van der Waals surface area (Å²) in [4.78, 5) is 26.0. The van der Waals surface area contributed by atoms with E-state index in [0.717, 1.165) is 38.5 Å². The van der Waals surface area contributed by atoms with Gasteiger partial charge >= 0.3 is 23.7 Å². The van der Waals surface area contributed by atoms with Crippen molar-refractivity contribution in [2.24, 2.45) is 0 Å². The molecule has 0 spiro atoms. The summed E-state index contributed by atoms with van der Waals surface area (Å²) in [6, 6.07) is 0. The highest BCUT2D eigenvalue weighted by atomic mass is 17.0. The van der Waals surface area contributed by atoms with Gasteiger partial charge in [0.05, 0.1) is 13.2 Å². The van der Waals surface area contributed by atoms with Crippen molar-refractivity contribution in [3.05, 3.63) is 0 Å². The van der Waals surface area contributed by atoms with Crippen LogP contribution in [0.1, 0.15) is 90.9 Å². The molecule has 2 aliphatic rings. The van der Waals surface area contributed by atoms with Gasteiger partial charge in [-0.1, -0.05) is 65.2 Å². The van der Waals surface area contributed by atoms with E-state index in [1.165, 1.54) is 0 Å². The van der Waals surface area contributed by atoms with Crippen LogP contribution in [-0.2, 0) is 33.3 Å². The summed E-state index contributed by atoms with van der Waals surface area (Å²) >= 11 is 0. The highest BCUT2D eigenvalue weighted by Gasteiger charge is 2.75. The van der Waals surface area contributed by atoms with E-state index in [0.29, 0.717) is 25.7 Å². The van der Waals surface area contributed by atoms with Gasteiger partial charge in [0, 0.05) is 12.8 Å². The lowest BCUT2D eigenvalue weighted by molar-refractivity contribution is -0.554. The average molecular weight is 627 g/mol. The predicted octanol–water partition coefficient (Wildman–Crippen LogP) is -0.933. The Kier molecular flexibility index (Phi) is 15.1. The smallest absolute Gasteiger partial charge is 0.405 e. The van der Waals surface area contributed by atoms with Crippen molar-refractivity contribution in [3.8, 4) is 0 Å². The highest BCUT2D eigenvalue weighted by Crippen LogP contribution is 2.47. The Morgan fingerprint density at radius 2 is 1.14 bits per heavy atom. The van der Waals surface area contributed by atoms with Gasteiger partial charge in [-0.2, -0.15) is 0 Å². The molecule has 15 heteroatoms. The molecule has 2 fully saturated rings. The number of hydrogen-bond acceptors (Lipinski definition) is 15. The van der Waals surface area contributed by atoms with Gasteiger partial charge in [-0.15, -0.1) is 0 Å². The lowest BCUT2D eigenvalue weighted by Crippen LogP contribution is -2.78. The first-order valence-electron chi connectivity index (χ1n) is 15.2. The third-order valence-electron chi connectivity index (χ3n) is 7.73. The van der Waals surface area contributed by atoms with Crippen molar-refractivity contribution in [2.45, 2.75) is 145 Å². The Morgan fingerprint density at radius 3 is 1.60 bits per heavy atom. The molecule has 0 aromatic heterocycles. The van der Waals surface area contributed by atoms with Gasteiger partial charge in [-0.25, -0.2) is 0 Å². The average Bonchev–Trinajstić information content (AvgIpc) is 3.22. The first kappa shape index (κ1) is 37.7. The molecule has 8 N–H and O–H groups in total. The monoisotopic (exact) mass is 626 g/mol. The molecule has 43 heavy (non-hydrogen) atoms. The van der Waals surface area contributed by atoms with Crippen LogP contribution >= 0.6 is 0 Å². The summed E-state index contributed by atoms with van der Waals surface area (Å²) in [5.74, 6) is -12.0. The van der Waals surface area contributed by atoms with Gasteiger partial charge < -0.3 is 59.8 Å². The van der Waals surface area contributed by atoms with Gasteiger partial charge in [0.2, 0.25) is 5.79 Å². The summed E-state index contributed by atoms with van der Waals surface area (Å²) in [6.45, 7) is 0.821. The van der Waals surface area contributed by atoms with E-state index < -0.39 is 85.9 Å². The normalized spacial score (nSPS) is 36.0. The summed E-state index contributed by atoms with van der Waals surface area (Å²) in [5.41, 5.74) is 0. The molecule has 0 amide bonds. The fraction of sp³-hybridized carbons (Fsp3) is 0.929. The van der Waals surface area contributed by atoms with Gasteiger partial charge in [0.25, 0.3) is 0 Å². The third kappa shape index (κ3) is 8.82. The molecule has 9 atom stereocenters. The molecule has 0 aromatic rings. The molecule has 0 saturated carbocycles. The van der Waals surface area contributed by atoms with Crippen LogP contribution in [0.4, 0.5) is 0 Å². The molecule has 252 valence electrons. The minimum absolute atomic E-state index is 0.269. The van der Waals surface area contributed by atoms with Gasteiger partial charge in [0.15, 0.2) is 6.10 Å². The molecule has 2 aliphatic heterocycles. The van der Waals surface area contributed by atoms with Crippen molar-refractivity contribution >= 4 is 11.9 Å². The van der Waals surface area contributed by atoms with Crippen LogP contribution in [0.5, 0.6) is 0 Å². The number of unbranched alkanes of at least 4 members (excludes halogenated alkanes) is 8. The van der Waals surface area contributed by atoms with Crippen LogP contribution in [0.25, 0.3) is 0 Å². The summed E-state index contributed by atoms with van der Waals surface area (Å²) in [5, 5.41) is 84.4. The standard InChI is InChI=1S/C28H50O15/c1-3-5-7-9-11-13-20(32)41-27(38)25(37)23(35)19(16-30)40-28(27,42-21(33)14-12-10-8-6-4-2)43-26(17-31)24(36)22(34)18(15-29)39-26/h18-19,22-25,29-31,34-38H,3-17H2,1-2H3/t18-,19-,22-,23-,24+,25+,26?,27+,28+/m1/s1. The minimum Gasteiger partial charge on any atom is -0.420 e. The molecular weight excluding hydrogens is 576 g/mol. The van der Waals surface area contributed by atoms with Gasteiger partial charge in [-0.3, -0.25) is 14.3 Å². The SMILES string of the molecule is CCCCCCCC(=O)O[C@@]1(OC2(CO)O[C@H](CO)[C@@H](O)[C@@H]2O)O[C@H](CO)[C@@H](O)[C@H](O)[C@]1(O)OC(=O)CCCCCCC. The van der Waals surface area contributed by atoms with E-state index >= 15 is 0 Å². The number of hydrogen-bond donors (Lipinski definition) is 8. The number of ether oxygens (including phenoxy) is 5. The zero-order valence-electron chi connectivity index (χ0n) is 25.0. The van der Waals surface area contributed by atoms with Crippen molar-refractivity contribution in [1.29, 1.82) is 0 Å². The van der Waals surface area contributed by atoms with Crippen LogP contribution in [0.2, 0.25) is 0 Å². The third-order valence-corrected chi connectivity index (χ3v) is 7.73. The van der Waals surface area contributed by atoms with Crippen molar-refractivity contribution in [2.75, 3.05) is 19.8 Å². The number of aliphatic hydroxyl groups excluding tert-OH is 7. The maximum atomic E-state index is 13.1. The predicted molar refractivity (Wildman–Crippen MR) is 145 cm³/mol. The lowest BCUT2D eigenvalue weighted by atomic mass is 9.93. The topological polar surface area (TPSA) is 242 Å². The second kappa shape index (κ2) is 17.3. The zero-order chi connectivity index (χ0) is 32.3. The molecule has 15 nitrogen and oxygen atoms in total. The van der Waals surface area contributed by atoms with Gasteiger partial charge in [-0.05, 0) is 12.8 Å². The zero-order valence-corrected chi connectivity index (χ0v) is 25.0. The molecule has 0 aromatic carbocycles. The van der Waals surface area contributed by atoms with Crippen molar-refractivity contribution in [3.63, 3.8) is 0 Å². The lowest BCUT2D eigenvalue weighted by Gasteiger charge is -2.53. The Labute approximate surface area is 251 Å². The quantitative estimate of drug-likeness (QED) is 0.0490. The number of carbonyl (C=O) groups excluding carboxylic acids is 2. The fourth-order valence-corrected chi connectivity index (χ4v) is 5.10. The fourth-order valence-electron chi connectivity index (χ4n) is 5.10. The minimum atomic E-state index is -3.55. The molecule has 0 radical (unpaired) electrons. The van der Waals surface area contributed by atoms with Crippen LogP contribution in [-0.4, -0.2) is 127 Å². The summed E-state index contributed by atoms with van der Waals surface area (Å²) in [6.07, 6.45) is -5.32. The van der Waals surface area contributed by atoms with Crippen molar-refractivity contribution < 1.29 is 74.1 Å². The Bertz CT molecular complexity index is 860. The van der Waals surface area contributed by atoms with Gasteiger partial charge in [0.1, 0.15) is 37.1 Å². The second-order valence-electron chi connectivity index (χ2n) is 11.1. The Balaban J connectivity index is 2.52. The number of aliphatic hydroxyl groups is 8. The van der Waals surface area contributed by atoms with Crippen molar-refractivity contribution in [1.82, 2.24) is 0 Å². The Hall–Kier alpha value is -1.50. The van der Waals surface area contributed by atoms with E-state index in [9.17, 15) is 50.4 Å². The largest absolute Gasteiger partial charge is 0.420 e. The molecule has 1 unspecified atom stereocenters. The molecule has 0 bridgehead atoms. The van der Waals surface area contributed by atoms with Crippen LogP contribution in [0.15, 0.2) is 0 Å². The highest BCUT2D eigenvalue weighted by molar-refractivity contribution is 5.71. The van der Waals surface area contributed by atoms with E-state index in [1.54, 1.807) is 0 Å². The molecule has 2 rings (SSSR count). The molecular formula is C28H50O15. The van der Waals surface area contributed by atoms with E-state index in [1.807, 2.05) is 13.8 Å². The van der Waals surface area contributed by atoms with Crippen LogP contribution in [0.3, 0.4) is 0 Å². The summed E-state index contributed by atoms with van der Waals surface area (Å²) in [7, 11) is 0. The molecule has 2 saturated heterocycles.